The Labute approximate surface area is 312 Å². The Morgan fingerprint density at radius 2 is 1.89 bits per heavy atom. The Morgan fingerprint density at radius 1 is 1.15 bits per heavy atom. The number of rotatable bonds is 11. The molecule has 5 aliphatic rings. The number of hydrogen-bond acceptors (Lipinski definition) is 12. The fourth-order valence-corrected chi connectivity index (χ4v) is 9.98. The number of morpholine rings is 1. The number of allylic oxidation sites excluding steroid dienone is 1. The van der Waals surface area contributed by atoms with E-state index in [2.05, 4.69) is 22.1 Å². The standard InChI is InChI=1S/C41H54N4O8/c1-6-51-38(49)36(26-10-12-27(13-11-26)44(4)5)30-21-28(37(48)53-30)29(43-35-9-7-8-16-42-35)22-32-39(2)15-14-34(47)40(3,24-46)31(39)23-33(41(32)25-52-41)45-17-19-50-20-18-45/h7-13,16,21,29,31-34,46-47H,6,14-15,17-20,22-25H2,1-5H3,(H,42,43)/b36-30-/t29?,31?,32?,33?,34-,39+,40+,41?/m1/s1. The molecular formula is C41H54N4O8. The summed E-state index contributed by atoms with van der Waals surface area (Å²) in [6.45, 7) is 9.51. The van der Waals surface area contributed by atoms with Crippen molar-refractivity contribution >= 4 is 29.0 Å². The molecule has 5 unspecified atom stereocenters. The summed E-state index contributed by atoms with van der Waals surface area (Å²) in [5, 5.41) is 25.9. The predicted molar refractivity (Wildman–Crippen MR) is 200 cm³/mol. The lowest BCUT2D eigenvalue weighted by Gasteiger charge is -2.64. The minimum Gasteiger partial charge on any atom is -0.462 e. The average Bonchev–Trinajstić information content (AvgIpc) is 3.85. The van der Waals surface area contributed by atoms with Crippen LogP contribution in [0.1, 0.15) is 52.0 Å². The molecule has 1 aromatic carbocycles. The van der Waals surface area contributed by atoms with Gasteiger partial charge in [0.25, 0.3) is 0 Å². The highest BCUT2D eigenvalue weighted by atomic mass is 16.6. The van der Waals surface area contributed by atoms with E-state index in [9.17, 15) is 19.8 Å². The van der Waals surface area contributed by atoms with Crippen molar-refractivity contribution in [2.24, 2.45) is 22.7 Å². The lowest BCUT2D eigenvalue weighted by Crippen LogP contribution is -2.68. The Balaban J connectivity index is 1.33. The van der Waals surface area contributed by atoms with Crippen LogP contribution in [-0.4, -0.2) is 116 Å². The molecule has 2 saturated carbocycles. The van der Waals surface area contributed by atoms with Crippen molar-refractivity contribution in [3.05, 3.63) is 71.6 Å². The van der Waals surface area contributed by atoms with Gasteiger partial charge in [-0.15, -0.1) is 0 Å². The molecule has 0 amide bonds. The molecular weight excluding hydrogens is 676 g/mol. The van der Waals surface area contributed by atoms with E-state index in [4.69, 9.17) is 18.9 Å². The van der Waals surface area contributed by atoms with Gasteiger partial charge in [0, 0.05) is 50.5 Å². The lowest BCUT2D eigenvalue weighted by atomic mass is 9.43. The van der Waals surface area contributed by atoms with Gasteiger partial charge in [-0.2, -0.15) is 0 Å². The normalized spacial score (nSPS) is 34.1. The smallest absolute Gasteiger partial charge is 0.342 e. The Bertz CT molecular complexity index is 1720. The summed E-state index contributed by atoms with van der Waals surface area (Å²) in [6, 6.07) is 12.5. The molecule has 53 heavy (non-hydrogen) atoms. The van der Waals surface area contributed by atoms with E-state index >= 15 is 0 Å². The first kappa shape index (κ1) is 37.5. The first-order valence-electron chi connectivity index (χ1n) is 19.0. The number of aliphatic hydroxyl groups is 2. The largest absolute Gasteiger partial charge is 0.462 e. The van der Waals surface area contributed by atoms with Crippen LogP contribution in [0.3, 0.4) is 0 Å². The van der Waals surface area contributed by atoms with Crippen molar-refractivity contribution in [2.45, 2.75) is 70.2 Å². The molecule has 8 atom stereocenters. The van der Waals surface area contributed by atoms with Gasteiger partial charge in [0.1, 0.15) is 22.8 Å². The number of anilines is 2. The predicted octanol–water partition coefficient (Wildman–Crippen LogP) is 4.04. The number of benzene rings is 1. The number of aliphatic hydroxyl groups excluding tert-OH is 2. The van der Waals surface area contributed by atoms with Crippen LogP contribution in [0.5, 0.6) is 0 Å². The van der Waals surface area contributed by atoms with E-state index in [1.54, 1.807) is 19.2 Å². The molecule has 3 N–H and O–H groups in total. The molecule has 0 bridgehead atoms. The number of pyridine rings is 1. The maximum Gasteiger partial charge on any atom is 0.342 e. The number of nitrogens with zero attached hydrogens (tertiary/aromatic N) is 3. The van der Waals surface area contributed by atoms with Gasteiger partial charge in [-0.05, 0) is 85.8 Å². The highest BCUT2D eigenvalue weighted by Crippen LogP contribution is 2.67. The quantitative estimate of drug-likeness (QED) is 0.174. The molecule has 286 valence electrons. The number of carbonyl (C=O) groups excluding carboxylic acids is 2. The molecule has 3 aliphatic heterocycles. The number of aromatic nitrogens is 1. The summed E-state index contributed by atoms with van der Waals surface area (Å²) in [7, 11) is 3.88. The molecule has 2 saturated heterocycles. The number of cyclic esters (lactones) is 1. The second-order valence-corrected chi connectivity index (χ2v) is 16.0. The molecule has 4 heterocycles. The van der Waals surface area contributed by atoms with Crippen LogP contribution in [-0.2, 0) is 28.5 Å². The Kier molecular flexibility index (Phi) is 10.5. The van der Waals surface area contributed by atoms with Gasteiger partial charge in [0.2, 0.25) is 0 Å². The summed E-state index contributed by atoms with van der Waals surface area (Å²) < 4.78 is 23.9. The number of ether oxygens (including phenoxy) is 4. The highest BCUT2D eigenvalue weighted by molar-refractivity contribution is 6.19. The third-order valence-corrected chi connectivity index (χ3v) is 13.0. The maximum atomic E-state index is 14.1. The number of esters is 2. The first-order valence-corrected chi connectivity index (χ1v) is 19.0. The second kappa shape index (κ2) is 14.8. The number of nitrogens with one attached hydrogen (secondary N) is 1. The molecule has 1 spiro atoms. The van der Waals surface area contributed by atoms with E-state index in [1.807, 2.05) is 68.4 Å². The minimum atomic E-state index is -0.714. The van der Waals surface area contributed by atoms with Crippen LogP contribution >= 0.6 is 0 Å². The van der Waals surface area contributed by atoms with E-state index in [0.717, 1.165) is 31.6 Å². The molecule has 2 aliphatic carbocycles. The van der Waals surface area contributed by atoms with Crippen LogP contribution in [0, 0.1) is 22.7 Å². The summed E-state index contributed by atoms with van der Waals surface area (Å²) in [5.74, 6) is -0.490. The summed E-state index contributed by atoms with van der Waals surface area (Å²) in [4.78, 5) is 36.6. The average molecular weight is 731 g/mol. The molecule has 7 rings (SSSR count). The van der Waals surface area contributed by atoms with Gasteiger partial charge < -0.3 is 39.4 Å². The third kappa shape index (κ3) is 6.77. The van der Waals surface area contributed by atoms with Gasteiger partial charge in [-0.25, -0.2) is 14.6 Å². The molecule has 12 heteroatoms. The van der Waals surface area contributed by atoms with Gasteiger partial charge in [-0.3, -0.25) is 4.90 Å². The topological polar surface area (TPSA) is 146 Å². The highest BCUT2D eigenvalue weighted by Gasteiger charge is 2.71. The van der Waals surface area contributed by atoms with E-state index in [1.165, 1.54) is 0 Å². The van der Waals surface area contributed by atoms with Crippen molar-refractivity contribution in [1.29, 1.82) is 0 Å². The number of hydrogen-bond donors (Lipinski definition) is 3. The van der Waals surface area contributed by atoms with Crippen molar-refractivity contribution in [3.8, 4) is 0 Å². The molecule has 2 aromatic rings. The summed E-state index contributed by atoms with van der Waals surface area (Å²) in [6.07, 6.45) is 5.33. The molecule has 0 radical (unpaired) electrons. The van der Waals surface area contributed by atoms with E-state index < -0.39 is 35.1 Å². The van der Waals surface area contributed by atoms with Crippen molar-refractivity contribution < 1.29 is 38.7 Å². The lowest BCUT2D eigenvalue weighted by molar-refractivity contribution is -0.197. The SMILES string of the molecule is CCOC(=O)/C(=C1/C=C(C(CC2C3(CO3)C(N3CCOCC3)CC3[C@]2(C)CC[C@@H](O)[C@@]3(C)CO)Nc2ccccn2)C(=O)O1)c1ccc(N(C)C)cc1. The fraction of sp³-hybridized carbons (Fsp3) is 0.585. The second-order valence-electron chi connectivity index (χ2n) is 16.0. The van der Waals surface area contributed by atoms with Crippen LogP contribution in [0.2, 0.25) is 0 Å². The third-order valence-electron chi connectivity index (χ3n) is 13.0. The first-order chi connectivity index (χ1) is 25.4. The van der Waals surface area contributed by atoms with Gasteiger partial charge in [-0.1, -0.05) is 32.0 Å². The van der Waals surface area contributed by atoms with E-state index in [-0.39, 0.29) is 47.8 Å². The Hall–Kier alpha value is -3.81. The zero-order chi connectivity index (χ0) is 37.5. The summed E-state index contributed by atoms with van der Waals surface area (Å²) >= 11 is 0. The maximum absolute atomic E-state index is 14.1. The summed E-state index contributed by atoms with van der Waals surface area (Å²) in [5.41, 5.74) is 0.546. The number of epoxide rings is 1. The fourth-order valence-electron chi connectivity index (χ4n) is 9.98. The minimum absolute atomic E-state index is 0.0209. The number of fused-ring (bicyclic) bond motifs is 1. The van der Waals surface area contributed by atoms with Gasteiger partial charge in [0.15, 0.2) is 0 Å². The monoisotopic (exact) mass is 730 g/mol. The number of carbonyl (C=O) groups is 2. The molecule has 1 aromatic heterocycles. The van der Waals surface area contributed by atoms with Crippen LogP contribution in [0.4, 0.5) is 11.5 Å². The Morgan fingerprint density at radius 3 is 2.51 bits per heavy atom. The van der Waals surface area contributed by atoms with Crippen LogP contribution in [0.25, 0.3) is 5.57 Å². The molecule has 12 nitrogen and oxygen atoms in total. The molecule has 4 fully saturated rings. The van der Waals surface area contributed by atoms with Crippen molar-refractivity contribution in [2.75, 3.05) is 70.4 Å². The van der Waals surface area contributed by atoms with Gasteiger partial charge in [0.05, 0.1) is 50.8 Å². The zero-order valence-corrected chi connectivity index (χ0v) is 31.5. The zero-order valence-electron chi connectivity index (χ0n) is 31.5. The van der Waals surface area contributed by atoms with Crippen LogP contribution < -0.4 is 10.2 Å². The van der Waals surface area contributed by atoms with Gasteiger partial charge >= 0.3 is 11.9 Å². The van der Waals surface area contributed by atoms with Crippen molar-refractivity contribution in [1.82, 2.24) is 9.88 Å². The van der Waals surface area contributed by atoms with Crippen LogP contribution in [0.15, 0.2) is 66.1 Å². The van der Waals surface area contributed by atoms with E-state index in [0.29, 0.717) is 49.6 Å². The van der Waals surface area contributed by atoms with Crippen molar-refractivity contribution in [3.63, 3.8) is 0 Å².